The van der Waals surface area contributed by atoms with Crippen molar-refractivity contribution in [3.05, 3.63) is 29.8 Å². The second-order valence-corrected chi connectivity index (χ2v) is 4.02. The van der Waals surface area contributed by atoms with Crippen LogP contribution in [0.15, 0.2) is 24.3 Å². The van der Waals surface area contributed by atoms with E-state index in [-0.39, 0.29) is 5.91 Å². The Morgan fingerprint density at radius 2 is 1.88 bits per heavy atom. The zero-order valence-corrected chi connectivity index (χ0v) is 10.3. The molecule has 1 amide bonds. The molecule has 4 heteroatoms. The molecular formula is C13H21N3O. The smallest absolute Gasteiger partial charge is 0.224 e. The van der Waals surface area contributed by atoms with Crippen molar-refractivity contribution in [2.24, 2.45) is 0 Å². The van der Waals surface area contributed by atoms with E-state index < -0.39 is 0 Å². The molecule has 0 aliphatic rings. The highest BCUT2D eigenvalue weighted by Crippen LogP contribution is 2.05. The zero-order chi connectivity index (χ0) is 12.5. The van der Waals surface area contributed by atoms with Gasteiger partial charge in [-0.05, 0) is 30.7 Å². The highest BCUT2D eigenvalue weighted by Gasteiger charge is 2.01. The van der Waals surface area contributed by atoms with Crippen LogP contribution >= 0.6 is 0 Å². The van der Waals surface area contributed by atoms with Crippen LogP contribution in [0.25, 0.3) is 0 Å². The standard InChI is InChI=1S/C13H21N3O/c1-2-7-15-8-9-16-13(17)10-11-3-5-12(14)6-4-11/h3-6,15H,2,7-10,14H2,1H3,(H,16,17). The summed E-state index contributed by atoms with van der Waals surface area (Å²) in [5, 5.41) is 6.10. The Balaban J connectivity index is 2.18. The number of carbonyl (C=O) groups excluding carboxylic acids is 1. The van der Waals surface area contributed by atoms with E-state index in [2.05, 4.69) is 17.6 Å². The van der Waals surface area contributed by atoms with E-state index in [0.29, 0.717) is 13.0 Å². The van der Waals surface area contributed by atoms with Crippen LogP contribution in [-0.2, 0) is 11.2 Å². The molecule has 4 nitrogen and oxygen atoms in total. The molecule has 4 N–H and O–H groups in total. The molecule has 0 heterocycles. The summed E-state index contributed by atoms with van der Waals surface area (Å²) < 4.78 is 0. The van der Waals surface area contributed by atoms with Crippen LogP contribution in [-0.4, -0.2) is 25.5 Å². The molecule has 0 unspecified atom stereocenters. The van der Waals surface area contributed by atoms with Crippen molar-refractivity contribution in [1.29, 1.82) is 0 Å². The maximum Gasteiger partial charge on any atom is 0.224 e. The Morgan fingerprint density at radius 3 is 2.53 bits per heavy atom. The molecule has 0 bridgehead atoms. The fourth-order valence-corrected chi connectivity index (χ4v) is 1.48. The van der Waals surface area contributed by atoms with Gasteiger partial charge in [0.25, 0.3) is 0 Å². The first kappa shape index (κ1) is 13.5. The number of nitrogens with one attached hydrogen (secondary N) is 2. The number of nitrogens with two attached hydrogens (primary N) is 1. The lowest BCUT2D eigenvalue weighted by molar-refractivity contribution is -0.120. The van der Waals surface area contributed by atoms with E-state index in [9.17, 15) is 4.79 Å². The molecule has 1 rings (SSSR count). The number of nitrogen functional groups attached to an aromatic ring is 1. The molecule has 1 aromatic rings. The molecule has 0 spiro atoms. The second-order valence-electron chi connectivity index (χ2n) is 4.02. The number of hydrogen-bond acceptors (Lipinski definition) is 3. The van der Waals surface area contributed by atoms with Crippen LogP contribution in [0.3, 0.4) is 0 Å². The second kappa shape index (κ2) is 7.68. The van der Waals surface area contributed by atoms with Crippen LogP contribution < -0.4 is 16.4 Å². The first-order chi connectivity index (χ1) is 8.22. The van der Waals surface area contributed by atoms with Gasteiger partial charge in [0, 0.05) is 18.8 Å². The summed E-state index contributed by atoms with van der Waals surface area (Å²) in [5.74, 6) is 0.0491. The van der Waals surface area contributed by atoms with Crippen LogP contribution in [0.1, 0.15) is 18.9 Å². The third kappa shape index (κ3) is 5.92. The molecule has 0 saturated heterocycles. The normalized spacial score (nSPS) is 10.2. The highest BCUT2D eigenvalue weighted by molar-refractivity contribution is 5.78. The van der Waals surface area contributed by atoms with Crippen molar-refractivity contribution in [1.82, 2.24) is 10.6 Å². The largest absolute Gasteiger partial charge is 0.399 e. The lowest BCUT2D eigenvalue weighted by Crippen LogP contribution is -2.32. The average Bonchev–Trinajstić information content (AvgIpc) is 2.32. The number of rotatable bonds is 7. The van der Waals surface area contributed by atoms with Crippen LogP contribution in [0.2, 0.25) is 0 Å². The number of anilines is 1. The molecule has 1 aromatic carbocycles. The van der Waals surface area contributed by atoms with Gasteiger partial charge in [0.15, 0.2) is 0 Å². The monoisotopic (exact) mass is 235 g/mol. The first-order valence-electron chi connectivity index (χ1n) is 6.04. The van der Waals surface area contributed by atoms with Gasteiger partial charge < -0.3 is 16.4 Å². The van der Waals surface area contributed by atoms with E-state index in [0.717, 1.165) is 30.8 Å². The fraction of sp³-hybridized carbons (Fsp3) is 0.462. The van der Waals surface area contributed by atoms with E-state index >= 15 is 0 Å². The van der Waals surface area contributed by atoms with Gasteiger partial charge in [-0.1, -0.05) is 19.1 Å². The van der Waals surface area contributed by atoms with Crippen molar-refractivity contribution in [2.75, 3.05) is 25.4 Å². The van der Waals surface area contributed by atoms with Crippen molar-refractivity contribution >= 4 is 11.6 Å². The van der Waals surface area contributed by atoms with E-state index in [1.807, 2.05) is 24.3 Å². The quantitative estimate of drug-likeness (QED) is 0.486. The zero-order valence-electron chi connectivity index (χ0n) is 10.3. The molecule has 0 saturated carbocycles. The van der Waals surface area contributed by atoms with Crippen molar-refractivity contribution in [3.63, 3.8) is 0 Å². The number of amides is 1. The molecule has 0 aliphatic heterocycles. The van der Waals surface area contributed by atoms with E-state index in [4.69, 9.17) is 5.73 Å². The van der Waals surface area contributed by atoms with Crippen molar-refractivity contribution in [2.45, 2.75) is 19.8 Å². The Kier molecular flexibility index (Phi) is 6.10. The topological polar surface area (TPSA) is 67.1 Å². The summed E-state index contributed by atoms with van der Waals surface area (Å²) in [6.07, 6.45) is 1.52. The minimum atomic E-state index is 0.0491. The lowest BCUT2D eigenvalue weighted by atomic mass is 10.1. The van der Waals surface area contributed by atoms with Gasteiger partial charge in [-0.25, -0.2) is 0 Å². The third-order valence-corrected chi connectivity index (χ3v) is 2.40. The Morgan fingerprint density at radius 1 is 1.18 bits per heavy atom. The van der Waals surface area contributed by atoms with Crippen molar-refractivity contribution in [3.8, 4) is 0 Å². The Labute approximate surface area is 103 Å². The predicted octanol–water partition coefficient (Wildman–Crippen LogP) is 0.927. The average molecular weight is 235 g/mol. The van der Waals surface area contributed by atoms with Gasteiger partial charge in [-0.3, -0.25) is 4.79 Å². The van der Waals surface area contributed by atoms with Gasteiger partial charge in [0.2, 0.25) is 5.91 Å². The van der Waals surface area contributed by atoms with Gasteiger partial charge in [0.05, 0.1) is 6.42 Å². The third-order valence-electron chi connectivity index (χ3n) is 2.40. The minimum absolute atomic E-state index is 0.0491. The molecular weight excluding hydrogens is 214 g/mol. The maximum atomic E-state index is 11.6. The number of hydrogen-bond donors (Lipinski definition) is 3. The van der Waals surface area contributed by atoms with Crippen LogP contribution in [0.4, 0.5) is 5.69 Å². The Hall–Kier alpha value is -1.55. The molecule has 0 aliphatic carbocycles. The van der Waals surface area contributed by atoms with Gasteiger partial charge in [-0.15, -0.1) is 0 Å². The SMILES string of the molecule is CCCNCCNC(=O)Cc1ccc(N)cc1. The van der Waals surface area contributed by atoms with Crippen LogP contribution in [0, 0.1) is 0 Å². The van der Waals surface area contributed by atoms with Gasteiger partial charge >= 0.3 is 0 Å². The summed E-state index contributed by atoms with van der Waals surface area (Å²) in [6.45, 7) is 4.61. The summed E-state index contributed by atoms with van der Waals surface area (Å²) in [6, 6.07) is 7.38. The predicted molar refractivity (Wildman–Crippen MR) is 70.7 cm³/mol. The maximum absolute atomic E-state index is 11.6. The van der Waals surface area contributed by atoms with Gasteiger partial charge in [-0.2, -0.15) is 0 Å². The molecule has 0 aromatic heterocycles. The number of benzene rings is 1. The fourth-order valence-electron chi connectivity index (χ4n) is 1.48. The van der Waals surface area contributed by atoms with Gasteiger partial charge in [0.1, 0.15) is 0 Å². The minimum Gasteiger partial charge on any atom is -0.399 e. The molecule has 94 valence electrons. The van der Waals surface area contributed by atoms with Crippen molar-refractivity contribution < 1.29 is 4.79 Å². The summed E-state index contributed by atoms with van der Waals surface area (Å²) >= 11 is 0. The van der Waals surface area contributed by atoms with Crippen LogP contribution in [0.5, 0.6) is 0 Å². The summed E-state index contributed by atoms with van der Waals surface area (Å²) in [4.78, 5) is 11.6. The first-order valence-corrected chi connectivity index (χ1v) is 6.04. The molecule has 0 atom stereocenters. The lowest BCUT2D eigenvalue weighted by Gasteiger charge is -2.06. The highest BCUT2D eigenvalue weighted by atomic mass is 16.1. The number of carbonyl (C=O) groups is 1. The molecule has 17 heavy (non-hydrogen) atoms. The summed E-state index contributed by atoms with van der Waals surface area (Å²) in [7, 11) is 0. The van der Waals surface area contributed by atoms with E-state index in [1.165, 1.54) is 0 Å². The summed E-state index contributed by atoms with van der Waals surface area (Å²) in [5.41, 5.74) is 7.28. The Bertz CT molecular complexity index is 335. The van der Waals surface area contributed by atoms with E-state index in [1.54, 1.807) is 0 Å². The molecule has 0 fully saturated rings. The molecule has 0 radical (unpaired) electrons.